The van der Waals surface area contributed by atoms with Gasteiger partial charge in [-0.1, -0.05) is 42.5 Å². The van der Waals surface area contributed by atoms with Crippen molar-refractivity contribution in [1.29, 1.82) is 5.26 Å². The number of carbonyl (C=O) groups is 2. The smallest absolute Gasteiger partial charge is 0.253 e. The molecule has 1 atom stereocenters. The average Bonchev–Trinajstić information content (AvgIpc) is 3.59. The van der Waals surface area contributed by atoms with Crippen LogP contribution in [0.1, 0.15) is 21.5 Å². The summed E-state index contributed by atoms with van der Waals surface area (Å²) in [4.78, 5) is 30.4. The van der Waals surface area contributed by atoms with Gasteiger partial charge >= 0.3 is 0 Å². The largest absolute Gasteiger partial charge is 0.374 e. The Balaban J connectivity index is 1.46. The van der Waals surface area contributed by atoms with Gasteiger partial charge in [0, 0.05) is 23.3 Å². The topological polar surface area (TPSA) is 143 Å². The first-order valence-electron chi connectivity index (χ1n) is 11.3. The molecule has 2 heterocycles. The van der Waals surface area contributed by atoms with Gasteiger partial charge < -0.3 is 15.4 Å². The van der Waals surface area contributed by atoms with Gasteiger partial charge in [0.25, 0.3) is 11.8 Å². The van der Waals surface area contributed by atoms with Crippen LogP contribution in [-0.2, 0) is 26.2 Å². The third-order valence-electron chi connectivity index (χ3n) is 5.37. The maximum Gasteiger partial charge on any atom is 0.253 e. The molecule has 194 valence electrons. The fraction of sp³-hybridized carbons (Fsp3) is 0.154. The molecule has 0 radical (unpaired) electrons. The molecule has 2 aromatic carbocycles. The number of ether oxygens (including phenoxy) is 1. The monoisotopic (exact) mass is 549 g/mol. The summed E-state index contributed by atoms with van der Waals surface area (Å²) in [7, 11) is -3.57. The first-order valence-corrected chi connectivity index (χ1v) is 14.0. The molecule has 0 spiro atoms. The zero-order valence-corrected chi connectivity index (χ0v) is 21.8. The molecule has 0 aliphatic carbocycles. The minimum atomic E-state index is -3.57. The van der Waals surface area contributed by atoms with Crippen molar-refractivity contribution < 1.29 is 22.7 Å². The lowest BCUT2D eigenvalue weighted by Gasteiger charge is -2.18. The van der Waals surface area contributed by atoms with Crippen LogP contribution >= 0.6 is 11.3 Å². The molecule has 2 aromatic heterocycles. The van der Waals surface area contributed by atoms with Crippen LogP contribution in [0.2, 0.25) is 0 Å². The average molecular weight is 550 g/mol. The van der Waals surface area contributed by atoms with Gasteiger partial charge in [0.1, 0.15) is 6.04 Å². The van der Waals surface area contributed by atoms with E-state index in [-0.39, 0.29) is 18.8 Å². The number of hydrogen-bond acceptors (Lipinski definition) is 8. The predicted octanol–water partition coefficient (Wildman–Crippen LogP) is 3.24. The molecular weight excluding hydrogens is 526 g/mol. The number of nitrogens with one attached hydrogen (secondary N) is 2. The van der Waals surface area contributed by atoms with Crippen LogP contribution in [0, 0.1) is 11.3 Å². The Kier molecular flexibility index (Phi) is 8.32. The quantitative estimate of drug-likeness (QED) is 0.309. The second kappa shape index (κ2) is 11.8. The van der Waals surface area contributed by atoms with Crippen molar-refractivity contribution in [2.24, 2.45) is 0 Å². The van der Waals surface area contributed by atoms with Gasteiger partial charge in [-0.2, -0.15) is 5.26 Å². The maximum absolute atomic E-state index is 13.1. The molecule has 0 aliphatic heterocycles. The highest BCUT2D eigenvalue weighted by atomic mass is 32.2. The van der Waals surface area contributed by atoms with Gasteiger partial charge in [0.2, 0.25) is 10.0 Å². The summed E-state index contributed by atoms with van der Waals surface area (Å²) >= 11 is 1.24. The number of benzene rings is 2. The molecule has 0 saturated carbocycles. The highest BCUT2D eigenvalue weighted by Gasteiger charge is 2.24. The first kappa shape index (κ1) is 26.7. The number of nitriles is 1. The lowest BCUT2D eigenvalue weighted by atomic mass is 10.1. The molecule has 0 bridgehead atoms. The molecule has 0 unspecified atom stereocenters. The lowest BCUT2D eigenvalue weighted by Crippen LogP contribution is -2.46. The van der Waals surface area contributed by atoms with E-state index in [0.717, 1.165) is 21.4 Å². The molecule has 2 N–H and O–H groups in total. The Bertz CT molecular complexity index is 1570. The van der Waals surface area contributed by atoms with Crippen molar-refractivity contribution in [3.05, 3.63) is 95.1 Å². The van der Waals surface area contributed by atoms with Crippen LogP contribution < -0.4 is 10.6 Å². The van der Waals surface area contributed by atoms with Gasteiger partial charge in [-0.25, -0.2) is 13.4 Å². The van der Waals surface area contributed by atoms with Gasteiger partial charge in [-0.3, -0.25) is 13.6 Å². The predicted molar refractivity (Wildman–Crippen MR) is 143 cm³/mol. The molecule has 4 rings (SSSR count). The zero-order valence-electron chi connectivity index (χ0n) is 20.2. The van der Waals surface area contributed by atoms with E-state index >= 15 is 0 Å². The van der Waals surface area contributed by atoms with Crippen LogP contribution in [0.4, 0.5) is 5.13 Å². The van der Waals surface area contributed by atoms with Gasteiger partial charge in [-0.05, 0) is 23.8 Å². The first-order chi connectivity index (χ1) is 18.2. The summed E-state index contributed by atoms with van der Waals surface area (Å²) in [6.45, 7) is -0.0213. The van der Waals surface area contributed by atoms with Crippen LogP contribution in [-0.4, -0.2) is 48.1 Å². The van der Waals surface area contributed by atoms with E-state index in [4.69, 9.17) is 10.00 Å². The molecule has 4 aromatic rings. The summed E-state index contributed by atoms with van der Waals surface area (Å²) in [6, 6.07) is 18.6. The van der Waals surface area contributed by atoms with E-state index in [2.05, 4.69) is 15.6 Å². The fourth-order valence-electron chi connectivity index (χ4n) is 3.38. The van der Waals surface area contributed by atoms with Gasteiger partial charge in [-0.15, -0.1) is 11.3 Å². The third kappa shape index (κ3) is 6.92. The van der Waals surface area contributed by atoms with E-state index in [1.54, 1.807) is 24.3 Å². The van der Waals surface area contributed by atoms with Crippen molar-refractivity contribution in [1.82, 2.24) is 14.3 Å². The number of rotatable bonds is 10. The second-order valence-corrected chi connectivity index (χ2v) is 11.0. The highest BCUT2D eigenvalue weighted by Crippen LogP contribution is 2.24. The standard InChI is InChI=1S/C26H23N5O5S2/c1-38(34,35)31-12-11-21(14-31)24(32)28-22(16-36-15-19-9-7-18(13-27)8-10-19)25(33)30-26-29-23(17-37-26)20-5-3-2-4-6-20/h2-12,14,17,22H,15-16H2,1H3,(H,28,32)(H,29,30,33)/t22-/m0/s1. The van der Waals surface area contributed by atoms with E-state index < -0.39 is 27.9 Å². The van der Waals surface area contributed by atoms with Crippen molar-refractivity contribution in [2.45, 2.75) is 12.6 Å². The molecule has 12 heteroatoms. The van der Waals surface area contributed by atoms with E-state index in [0.29, 0.717) is 16.4 Å². The summed E-state index contributed by atoms with van der Waals surface area (Å²) < 4.78 is 30.1. The number of anilines is 1. The van der Waals surface area contributed by atoms with Gasteiger partial charge in [0.15, 0.2) is 5.13 Å². The number of hydrogen-bond donors (Lipinski definition) is 2. The van der Waals surface area contributed by atoms with Crippen molar-refractivity contribution >= 4 is 38.3 Å². The normalized spacial score (nSPS) is 11.9. The summed E-state index contributed by atoms with van der Waals surface area (Å²) in [5.41, 5.74) is 2.96. The number of aromatic nitrogens is 2. The number of amides is 2. The Morgan fingerprint density at radius 3 is 2.53 bits per heavy atom. The van der Waals surface area contributed by atoms with Crippen molar-refractivity contribution in [2.75, 3.05) is 18.2 Å². The number of nitrogens with zero attached hydrogens (tertiary/aromatic N) is 3. The second-order valence-electron chi connectivity index (χ2n) is 8.24. The maximum atomic E-state index is 13.1. The molecule has 0 fully saturated rings. The number of carbonyl (C=O) groups excluding carboxylic acids is 2. The van der Waals surface area contributed by atoms with Crippen LogP contribution in [0.5, 0.6) is 0 Å². The minimum Gasteiger partial charge on any atom is -0.374 e. The van der Waals surface area contributed by atoms with E-state index in [1.165, 1.54) is 29.8 Å². The minimum absolute atomic E-state index is 0.0703. The van der Waals surface area contributed by atoms with Crippen LogP contribution in [0.25, 0.3) is 11.3 Å². The molecule has 0 aliphatic rings. The van der Waals surface area contributed by atoms with Gasteiger partial charge in [0.05, 0.1) is 42.4 Å². The van der Waals surface area contributed by atoms with Crippen LogP contribution in [0.15, 0.2) is 78.4 Å². The molecule has 2 amide bonds. The highest BCUT2D eigenvalue weighted by molar-refractivity contribution is 7.89. The number of thiazole rings is 1. The van der Waals surface area contributed by atoms with E-state index in [9.17, 15) is 18.0 Å². The Morgan fingerprint density at radius 2 is 1.87 bits per heavy atom. The van der Waals surface area contributed by atoms with Crippen molar-refractivity contribution in [3.8, 4) is 17.3 Å². The Labute approximate surface area is 223 Å². The molecule has 10 nitrogen and oxygen atoms in total. The Hall–Kier alpha value is -4.31. The zero-order chi connectivity index (χ0) is 27.1. The third-order valence-corrected chi connectivity index (χ3v) is 7.13. The Morgan fingerprint density at radius 1 is 1.13 bits per heavy atom. The van der Waals surface area contributed by atoms with E-state index in [1.807, 2.05) is 41.8 Å². The summed E-state index contributed by atoms with van der Waals surface area (Å²) in [5, 5.41) is 16.4. The SMILES string of the molecule is CS(=O)(=O)n1ccc(C(=O)N[C@@H](COCc2ccc(C#N)cc2)C(=O)Nc2nc(-c3ccccc3)cs2)c1. The lowest BCUT2D eigenvalue weighted by molar-refractivity contribution is -0.119. The molecule has 0 saturated heterocycles. The van der Waals surface area contributed by atoms with Crippen LogP contribution in [0.3, 0.4) is 0 Å². The summed E-state index contributed by atoms with van der Waals surface area (Å²) in [5.74, 6) is -1.19. The molecule has 38 heavy (non-hydrogen) atoms. The van der Waals surface area contributed by atoms with Crippen molar-refractivity contribution in [3.63, 3.8) is 0 Å². The molecular formula is C26H23N5O5S2. The fourth-order valence-corrected chi connectivity index (χ4v) is 4.69. The summed E-state index contributed by atoms with van der Waals surface area (Å²) in [6.07, 6.45) is 3.44.